The summed E-state index contributed by atoms with van der Waals surface area (Å²) < 4.78 is 0. The van der Waals surface area contributed by atoms with E-state index < -0.39 is 18.0 Å². The molecule has 13 heavy (non-hydrogen) atoms. The van der Waals surface area contributed by atoms with E-state index in [9.17, 15) is 9.59 Å². The van der Waals surface area contributed by atoms with Gasteiger partial charge in [-0.25, -0.2) is 14.6 Å². The third kappa shape index (κ3) is 5.02. The minimum Gasteiger partial charge on any atom is -0.480 e. The van der Waals surface area contributed by atoms with Crippen molar-refractivity contribution in [3.63, 3.8) is 0 Å². The van der Waals surface area contributed by atoms with Crippen LogP contribution < -0.4 is 10.7 Å². The van der Waals surface area contributed by atoms with E-state index in [2.05, 4.69) is 10.7 Å². The van der Waals surface area contributed by atoms with Crippen molar-refractivity contribution in [1.82, 2.24) is 15.8 Å². The van der Waals surface area contributed by atoms with Crippen LogP contribution in [0.1, 0.15) is 13.3 Å². The first-order valence-electron chi connectivity index (χ1n) is 3.94. The number of carboxylic acids is 1. The summed E-state index contributed by atoms with van der Waals surface area (Å²) in [5.41, 5.74) is 2.38. The van der Waals surface area contributed by atoms with Gasteiger partial charge in [-0.2, -0.15) is 0 Å². The lowest BCUT2D eigenvalue weighted by atomic mass is 10.2. The van der Waals surface area contributed by atoms with Gasteiger partial charge in [0.05, 0.1) is 0 Å². The third-order valence-electron chi connectivity index (χ3n) is 1.34. The maximum absolute atomic E-state index is 11.0. The summed E-state index contributed by atoms with van der Waals surface area (Å²) in [6, 6.07) is -1.35. The molecule has 0 aromatic carbocycles. The van der Waals surface area contributed by atoms with Crippen LogP contribution in [0.2, 0.25) is 0 Å². The van der Waals surface area contributed by atoms with Crippen LogP contribution in [0.25, 0.3) is 0 Å². The fourth-order valence-electron chi connectivity index (χ4n) is 0.732. The average Bonchev–Trinajstić information content (AvgIpc) is 1.98. The number of hydrogen-bond acceptors (Lipinski definition) is 3. The first-order valence-corrected chi connectivity index (χ1v) is 3.94. The molecule has 0 saturated carbocycles. The molecule has 0 aromatic rings. The Morgan fingerprint density at radius 3 is 2.31 bits per heavy atom. The fourth-order valence-corrected chi connectivity index (χ4v) is 0.732. The molecule has 0 fully saturated rings. The first-order chi connectivity index (χ1) is 5.97. The number of carbonyl (C=O) groups is 2. The van der Waals surface area contributed by atoms with Gasteiger partial charge in [-0.05, 0) is 6.42 Å². The molecule has 0 saturated heterocycles. The van der Waals surface area contributed by atoms with Gasteiger partial charge in [0, 0.05) is 14.1 Å². The van der Waals surface area contributed by atoms with E-state index in [1.54, 1.807) is 21.0 Å². The number of nitrogens with zero attached hydrogens (tertiary/aromatic N) is 1. The van der Waals surface area contributed by atoms with Crippen molar-refractivity contribution in [2.75, 3.05) is 14.1 Å². The van der Waals surface area contributed by atoms with Crippen molar-refractivity contribution in [2.45, 2.75) is 19.4 Å². The van der Waals surface area contributed by atoms with Gasteiger partial charge in [0.2, 0.25) is 0 Å². The van der Waals surface area contributed by atoms with Crippen LogP contribution in [0.15, 0.2) is 0 Å². The SMILES string of the molecule is CC[C@H](NC(=O)NN(C)C)C(=O)O. The molecule has 0 aromatic heterocycles. The Morgan fingerprint density at radius 2 is 2.00 bits per heavy atom. The number of hydrogen-bond donors (Lipinski definition) is 3. The number of urea groups is 1. The van der Waals surface area contributed by atoms with Gasteiger partial charge in [-0.1, -0.05) is 6.92 Å². The van der Waals surface area contributed by atoms with Gasteiger partial charge in [0.1, 0.15) is 6.04 Å². The van der Waals surface area contributed by atoms with E-state index >= 15 is 0 Å². The summed E-state index contributed by atoms with van der Waals surface area (Å²) >= 11 is 0. The normalized spacial score (nSPS) is 12.3. The topological polar surface area (TPSA) is 81.7 Å². The second-order valence-electron chi connectivity index (χ2n) is 2.78. The third-order valence-corrected chi connectivity index (χ3v) is 1.34. The van der Waals surface area contributed by atoms with Gasteiger partial charge in [-0.15, -0.1) is 0 Å². The van der Waals surface area contributed by atoms with Crippen molar-refractivity contribution in [3.05, 3.63) is 0 Å². The fraction of sp³-hybridized carbons (Fsp3) is 0.714. The average molecular weight is 189 g/mol. The lowest BCUT2D eigenvalue weighted by Gasteiger charge is -2.16. The summed E-state index contributed by atoms with van der Waals surface area (Å²) in [5.74, 6) is -1.03. The Hall–Kier alpha value is -1.30. The number of nitrogens with one attached hydrogen (secondary N) is 2. The van der Waals surface area contributed by atoms with Crippen LogP contribution >= 0.6 is 0 Å². The molecule has 6 nitrogen and oxygen atoms in total. The van der Waals surface area contributed by atoms with Crippen molar-refractivity contribution in [3.8, 4) is 0 Å². The molecular weight excluding hydrogens is 174 g/mol. The minimum atomic E-state index is -1.03. The standard InChI is InChI=1S/C7H15N3O3/c1-4-5(6(11)12)8-7(13)9-10(2)3/h5H,4H2,1-3H3,(H,11,12)(H2,8,9,13)/t5-/m0/s1. The predicted octanol–water partition coefficient (Wildman–Crippen LogP) is -0.375. The highest BCUT2D eigenvalue weighted by molar-refractivity contribution is 5.82. The van der Waals surface area contributed by atoms with E-state index in [1.807, 2.05) is 0 Å². The monoisotopic (exact) mass is 189 g/mol. The number of amides is 2. The molecule has 0 aliphatic heterocycles. The molecule has 0 spiro atoms. The molecule has 0 radical (unpaired) electrons. The van der Waals surface area contributed by atoms with E-state index in [1.165, 1.54) is 5.01 Å². The second kappa shape index (κ2) is 5.36. The highest BCUT2D eigenvalue weighted by Gasteiger charge is 2.17. The lowest BCUT2D eigenvalue weighted by Crippen LogP contribution is -2.49. The number of rotatable bonds is 4. The Kier molecular flexibility index (Phi) is 4.83. The van der Waals surface area contributed by atoms with Crippen molar-refractivity contribution in [1.29, 1.82) is 0 Å². The van der Waals surface area contributed by atoms with Crippen LogP contribution in [-0.4, -0.2) is 42.3 Å². The molecule has 2 amide bonds. The maximum Gasteiger partial charge on any atom is 0.330 e. The molecular formula is C7H15N3O3. The molecule has 0 heterocycles. The Labute approximate surface area is 76.9 Å². The highest BCUT2D eigenvalue weighted by Crippen LogP contribution is 1.89. The number of carboxylic acid groups (broad SMARTS) is 1. The van der Waals surface area contributed by atoms with Crippen molar-refractivity contribution < 1.29 is 14.7 Å². The van der Waals surface area contributed by atoms with E-state index in [0.29, 0.717) is 6.42 Å². The number of hydrazine groups is 1. The highest BCUT2D eigenvalue weighted by atomic mass is 16.4. The molecule has 6 heteroatoms. The van der Waals surface area contributed by atoms with E-state index in [4.69, 9.17) is 5.11 Å². The van der Waals surface area contributed by atoms with Gasteiger partial charge < -0.3 is 10.4 Å². The Balaban J connectivity index is 3.94. The number of carbonyl (C=O) groups excluding carboxylic acids is 1. The van der Waals surface area contributed by atoms with E-state index in [-0.39, 0.29) is 0 Å². The summed E-state index contributed by atoms with van der Waals surface area (Å²) in [7, 11) is 3.28. The van der Waals surface area contributed by atoms with E-state index in [0.717, 1.165) is 0 Å². The molecule has 1 atom stereocenters. The Morgan fingerprint density at radius 1 is 1.46 bits per heavy atom. The Bertz CT molecular complexity index is 193. The van der Waals surface area contributed by atoms with Crippen molar-refractivity contribution >= 4 is 12.0 Å². The van der Waals surface area contributed by atoms with Gasteiger partial charge in [-0.3, -0.25) is 5.43 Å². The number of aliphatic carboxylic acids is 1. The second-order valence-corrected chi connectivity index (χ2v) is 2.78. The summed E-state index contributed by atoms with van der Waals surface area (Å²) in [6.45, 7) is 1.69. The zero-order valence-electron chi connectivity index (χ0n) is 8.00. The summed E-state index contributed by atoms with van der Waals surface area (Å²) in [4.78, 5) is 21.5. The smallest absolute Gasteiger partial charge is 0.330 e. The molecule has 0 aliphatic rings. The zero-order chi connectivity index (χ0) is 10.4. The maximum atomic E-state index is 11.0. The van der Waals surface area contributed by atoms with Crippen LogP contribution in [-0.2, 0) is 4.79 Å². The van der Waals surface area contributed by atoms with Crippen molar-refractivity contribution in [2.24, 2.45) is 0 Å². The van der Waals surface area contributed by atoms with Crippen LogP contribution in [0.3, 0.4) is 0 Å². The molecule has 0 aliphatic carbocycles. The largest absolute Gasteiger partial charge is 0.480 e. The lowest BCUT2D eigenvalue weighted by molar-refractivity contribution is -0.139. The minimum absolute atomic E-state index is 0.357. The van der Waals surface area contributed by atoms with Crippen LogP contribution in [0.4, 0.5) is 4.79 Å². The quantitative estimate of drug-likeness (QED) is 0.527. The van der Waals surface area contributed by atoms with Gasteiger partial charge in [0.15, 0.2) is 0 Å². The molecule has 0 unspecified atom stereocenters. The molecule has 3 N–H and O–H groups in total. The predicted molar refractivity (Wildman–Crippen MR) is 47.1 cm³/mol. The molecule has 0 bridgehead atoms. The zero-order valence-corrected chi connectivity index (χ0v) is 8.00. The molecule has 0 rings (SSSR count). The van der Waals surface area contributed by atoms with Gasteiger partial charge in [0.25, 0.3) is 0 Å². The summed E-state index contributed by atoms with van der Waals surface area (Å²) in [6.07, 6.45) is 0.357. The van der Waals surface area contributed by atoms with Crippen LogP contribution in [0.5, 0.6) is 0 Å². The summed E-state index contributed by atoms with van der Waals surface area (Å²) in [5, 5.41) is 12.3. The van der Waals surface area contributed by atoms with Gasteiger partial charge >= 0.3 is 12.0 Å². The molecule has 76 valence electrons. The van der Waals surface area contributed by atoms with Crippen LogP contribution in [0, 0.1) is 0 Å². The first kappa shape index (κ1) is 11.7.